The number of aryl methyl sites for hydroxylation is 4. The molecular weight excluding hydrogens is 1200 g/mol. The van der Waals surface area contributed by atoms with Gasteiger partial charge in [0.15, 0.2) is 29.7 Å². The molecule has 20 nitrogen and oxygen atoms in total. The third-order valence-corrected chi connectivity index (χ3v) is 18.3. The minimum Gasteiger partial charge on any atom is -0.496 e. The van der Waals surface area contributed by atoms with Crippen molar-refractivity contribution in [1.82, 2.24) is 30.6 Å². The molecule has 5 N–H and O–H groups in total. The smallest absolute Gasteiger partial charge is 0.350 e. The number of aromatic nitrogens is 4. The fourth-order valence-corrected chi connectivity index (χ4v) is 13.2. The van der Waals surface area contributed by atoms with E-state index >= 15 is 0 Å². The number of Topliss-reactive ketones (excluding diaryl/α,β-unsaturated/α-hetero) is 6. The highest BCUT2D eigenvalue weighted by atomic mass is 35.5. The summed E-state index contributed by atoms with van der Waals surface area (Å²) in [5, 5.41) is 17.3. The van der Waals surface area contributed by atoms with Crippen LogP contribution < -0.4 is 20.1 Å². The van der Waals surface area contributed by atoms with Gasteiger partial charge in [-0.3, -0.25) is 38.4 Å². The Hall–Kier alpha value is -7.43. The number of amides is 2. The second kappa shape index (κ2) is 33.4. The highest BCUT2D eigenvalue weighted by Gasteiger charge is 2.35. The van der Waals surface area contributed by atoms with Crippen molar-refractivity contribution in [1.29, 1.82) is 0 Å². The first-order chi connectivity index (χ1) is 42.3. The molecule has 2 aliphatic carbocycles. The lowest BCUT2D eigenvalue weighted by Gasteiger charge is -2.27. The lowest BCUT2D eigenvalue weighted by atomic mass is 9.82. The first kappa shape index (κ1) is 70.7. The zero-order valence-corrected chi connectivity index (χ0v) is 54.8. The molecule has 8 rings (SSSR count). The molecule has 23 heteroatoms. The summed E-state index contributed by atoms with van der Waals surface area (Å²) < 4.78 is 16.1. The summed E-state index contributed by atoms with van der Waals surface area (Å²) in [4.78, 5) is 143. The fourth-order valence-electron chi connectivity index (χ4n) is 11.4. The van der Waals surface area contributed by atoms with E-state index in [0.717, 1.165) is 58.9 Å². The van der Waals surface area contributed by atoms with Crippen LogP contribution in [0, 0.1) is 63.2 Å². The number of alkyl halides is 1. The number of ketones is 6. The van der Waals surface area contributed by atoms with Crippen LogP contribution in [-0.2, 0) is 33.5 Å². The van der Waals surface area contributed by atoms with Gasteiger partial charge in [0.1, 0.15) is 32.8 Å². The first-order valence-corrected chi connectivity index (χ1v) is 32.4. The number of carboxylic acids is 1. The molecule has 4 heterocycles. The minimum absolute atomic E-state index is 0.00327. The number of fused-ring (bicyclic) bond motifs is 2. The Labute approximate surface area is 531 Å². The number of thiazole rings is 2. The summed E-state index contributed by atoms with van der Waals surface area (Å²) in [7, 11) is 3.14. The third kappa shape index (κ3) is 20.0. The number of benzene rings is 2. The molecule has 0 aliphatic heterocycles. The van der Waals surface area contributed by atoms with Crippen molar-refractivity contribution in [3.05, 3.63) is 91.1 Å². The number of aromatic carboxylic acids is 1. The second-order valence-corrected chi connectivity index (χ2v) is 26.4. The summed E-state index contributed by atoms with van der Waals surface area (Å²) >= 11 is 8.22. The number of aromatic amines is 2. The van der Waals surface area contributed by atoms with Gasteiger partial charge < -0.3 is 39.9 Å². The molecule has 6 aromatic rings. The lowest BCUT2D eigenvalue weighted by Crippen LogP contribution is -2.47. The van der Waals surface area contributed by atoms with E-state index in [-0.39, 0.29) is 90.1 Å². The molecule has 2 fully saturated rings. The largest absolute Gasteiger partial charge is 0.496 e. The number of nitrogens with zero attached hydrogens (tertiary/aromatic N) is 2. The fraction of sp³-hybridized carbons (Fsp3) is 0.515. The standard InChI is InChI=1S/C33H41N3O7S.C27H35ClN2O5.C6H7NO2S/c1-18(2)13-22(15-28(38)26-16-23-24(35-26)10-8-12-30(23)42-5)32(40)36-25(14-21-9-6-7-11-27(21)37)29(39)17-43-33(41)31-19(3)34-20(4)44-31;1-16(2)11-18(13-24(32)22-14-19-20(29-22)8-6-10-26(19)35-3)27(34)30-21(25(33)15-28)12-17-7-4-5-9-23(17)31;1-3-5(6(8)9)10-4(2)7-3/h8,10,12,16,18,21-22,25,35H,6-7,9,11,13-15,17H2,1-5H3,(H,36,40);6,8,10,14,16-18,21,29H,4-5,7,9,11-13,15H2,1-3H3,(H,30,34);1-2H3,(H,8,9)/t21-,22+,25-;17-,18+,21-;/m00./s1. The molecule has 0 saturated heterocycles. The molecule has 2 aliphatic rings. The molecule has 4 aromatic heterocycles. The average molecular weight is 1280 g/mol. The van der Waals surface area contributed by atoms with Gasteiger partial charge in [0.05, 0.1) is 65.0 Å². The number of halogens is 1. The average Bonchev–Trinajstić information content (AvgIpc) is 2.37. The van der Waals surface area contributed by atoms with Crippen LogP contribution in [-0.4, -0.2) is 122 Å². The zero-order valence-electron chi connectivity index (χ0n) is 52.4. The van der Waals surface area contributed by atoms with Crippen LogP contribution in [0.5, 0.6) is 11.5 Å². The molecule has 0 radical (unpaired) electrons. The summed E-state index contributed by atoms with van der Waals surface area (Å²) in [5.74, 6) is -3.97. The van der Waals surface area contributed by atoms with Crippen LogP contribution >= 0.6 is 34.3 Å². The second-order valence-electron chi connectivity index (χ2n) is 23.8. The summed E-state index contributed by atoms with van der Waals surface area (Å²) in [6.45, 7) is 14.3. The number of methoxy groups -OCH3 is 2. The van der Waals surface area contributed by atoms with E-state index in [9.17, 15) is 47.9 Å². The van der Waals surface area contributed by atoms with Crippen LogP contribution in [0.1, 0.15) is 179 Å². The predicted octanol–water partition coefficient (Wildman–Crippen LogP) is 11.9. The zero-order chi connectivity index (χ0) is 65.2. The SMILES string of the molecule is COc1cccc2[nH]c(C(=O)C[C@@H](CC(C)C)C(=O)N[C@@H](C[C@@H]3CCCCC3=O)C(=O)CCl)cc12.COc1cccc2[nH]c(C(=O)C[C@@H](CC(C)C)C(=O)N[C@@H](C[C@@H]3CCCCC3=O)C(=O)COC(=O)c3sc(C)nc3C)cc12.Cc1nc(C)c(C(=O)O)s1. The van der Waals surface area contributed by atoms with Gasteiger partial charge in [-0.05, 0) is 127 Å². The van der Waals surface area contributed by atoms with Crippen molar-refractivity contribution in [2.45, 2.75) is 157 Å². The maximum Gasteiger partial charge on any atom is 0.350 e. The van der Waals surface area contributed by atoms with E-state index in [1.807, 2.05) is 64.1 Å². The first-order valence-electron chi connectivity index (χ1n) is 30.2. The van der Waals surface area contributed by atoms with Crippen molar-refractivity contribution in [3.8, 4) is 11.5 Å². The summed E-state index contributed by atoms with van der Waals surface area (Å²) in [6.07, 6.45) is 7.03. The highest BCUT2D eigenvalue weighted by Crippen LogP contribution is 2.32. The third-order valence-electron chi connectivity index (χ3n) is 15.9. The predicted molar refractivity (Wildman–Crippen MR) is 342 cm³/mol. The monoisotopic (exact) mass is 1280 g/mol. The van der Waals surface area contributed by atoms with Crippen LogP contribution in [0.3, 0.4) is 0 Å². The van der Waals surface area contributed by atoms with Gasteiger partial charge in [-0.25, -0.2) is 19.6 Å². The van der Waals surface area contributed by atoms with E-state index < -0.39 is 54.2 Å². The summed E-state index contributed by atoms with van der Waals surface area (Å²) in [5.41, 5.74) is 3.44. The number of carboxylic acid groups (broad SMARTS) is 1. The highest BCUT2D eigenvalue weighted by molar-refractivity contribution is 7.14. The molecule has 2 saturated carbocycles. The van der Waals surface area contributed by atoms with Gasteiger partial charge >= 0.3 is 11.9 Å². The number of H-pyrrole nitrogens is 2. The maximum atomic E-state index is 13.7. The van der Waals surface area contributed by atoms with Crippen LogP contribution in [0.25, 0.3) is 21.8 Å². The number of carbonyl (C=O) groups is 10. The van der Waals surface area contributed by atoms with Crippen LogP contribution in [0.15, 0.2) is 48.5 Å². The minimum atomic E-state index is -1.03. The Bertz CT molecular complexity index is 3520. The Balaban J connectivity index is 0.000000249. The van der Waals surface area contributed by atoms with Gasteiger partial charge in [0, 0.05) is 71.2 Å². The Morgan fingerprint density at radius 3 is 1.43 bits per heavy atom. The van der Waals surface area contributed by atoms with E-state index in [1.54, 1.807) is 54.0 Å². The van der Waals surface area contributed by atoms with Gasteiger partial charge in [-0.1, -0.05) is 52.7 Å². The van der Waals surface area contributed by atoms with Crippen molar-refractivity contribution in [2.75, 3.05) is 26.7 Å². The topological polar surface area (TPSA) is 300 Å². The Morgan fingerprint density at radius 2 is 1.07 bits per heavy atom. The number of rotatable bonds is 27. The molecule has 89 heavy (non-hydrogen) atoms. The van der Waals surface area contributed by atoms with Gasteiger partial charge in [-0.15, -0.1) is 34.3 Å². The molecule has 6 atom stereocenters. The maximum absolute atomic E-state index is 13.7. The van der Waals surface area contributed by atoms with Gasteiger partial charge in [0.2, 0.25) is 11.8 Å². The quantitative estimate of drug-likeness (QED) is 0.0182. The molecular formula is C66H83ClN6O14S2. The van der Waals surface area contributed by atoms with Crippen molar-refractivity contribution < 1.29 is 67.3 Å². The van der Waals surface area contributed by atoms with Crippen molar-refractivity contribution >= 4 is 115 Å². The molecule has 2 amide bonds. The lowest BCUT2D eigenvalue weighted by molar-refractivity contribution is -0.133. The van der Waals surface area contributed by atoms with E-state index in [4.69, 9.17) is 30.9 Å². The normalized spacial score (nSPS) is 16.3. The van der Waals surface area contributed by atoms with Crippen molar-refractivity contribution in [2.24, 2.45) is 35.5 Å². The number of hydrogen-bond acceptors (Lipinski definition) is 17. The van der Waals surface area contributed by atoms with E-state index in [0.29, 0.717) is 81.1 Å². The molecule has 0 spiro atoms. The van der Waals surface area contributed by atoms with Crippen LogP contribution in [0.4, 0.5) is 0 Å². The van der Waals surface area contributed by atoms with Crippen LogP contribution in [0.2, 0.25) is 0 Å². The number of nitrogens with one attached hydrogen (secondary N) is 4. The summed E-state index contributed by atoms with van der Waals surface area (Å²) in [6, 6.07) is 12.6. The van der Waals surface area contributed by atoms with E-state index in [2.05, 4.69) is 30.6 Å². The Kier molecular flexibility index (Phi) is 26.5. The molecule has 0 bridgehead atoms. The van der Waals surface area contributed by atoms with Gasteiger partial charge in [-0.2, -0.15) is 0 Å². The van der Waals surface area contributed by atoms with E-state index in [1.165, 1.54) is 22.7 Å². The number of ether oxygens (including phenoxy) is 3. The molecule has 0 unspecified atom stereocenters. The molecule has 480 valence electrons. The number of carbonyl (C=O) groups excluding carboxylic acids is 9. The molecule has 2 aromatic carbocycles. The number of hydrogen-bond donors (Lipinski definition) is 5. The van der Waals surface area contributed by atoms with Crippen molar-refractivity contribution in [3.63, 3.8) is 0 Å². The Morgan fingerprint density at radius 1 is 0.640 bits per heavy atom. The number of esters is 1. The van der Waals surface area contributed by atoms with Gasteiger partial charge in [0.25, 0.3) is 0 Å².